The lowest BCUT2D eigenvalue weighted by Gasteiger charge is -2.29. The number of allylic oxidation sites excluding steroid dienone is 3. The first-order valence-corrected chi connectivity index (χ1v) is 9.46. The topological polar surface area (TPSA) is 6.48 Å². The third-order valence-electron chi connectivity index (χ3n) is 5.05. The zero-order valence-corrected chi connectivity index (χ0v) is 14.8. The summed E-state index contributed by atoms with van der Waals surface area (Å²) in [4.78, 5) is 4.88. The molecule has 1 aromatic carbocycles. The molecule has 0 aliphatic carbocycles. The van der Waals surface area contributed by atoms with Crippen molar-refractivity contribution in [1.82, 2.24) is 9.80 Å². The largest absolute Gasteiger partial charge is 0.377 e. The van der Waals surface area contributed by atoms with Gasteiger partial charge in [0.25, 0.3) is 0 Å². The van der Waals surface area contributed by atoms with E-state index in [1.807, 2.05) is 0 Å². The maximum absolute atomic E-state index is 4.34. The first-order chi connectivity index (χ1) is 11.8. The molecule has 3 rings (SSSR count). The smallest absolute Gasteiger partial charge is 0.0299 e. The predicted molar refractivity (Wildman–Crippen MR) is 104 cm³/mol. The molecule has 0 unspecified atom stereocenters. The molecule has 24 heavy (non-hydrogen) atoms. The number of rotatable bonds is 5. The van der Waals surface area contributed by atoms with E-state index in [0.29, 0.717) is 0 Å². The molecular weight excluding hydrogens is 292 g/mol. The SMILES string of the molecule is C=C(/C=C(\C=C\N1CCCCC1)c1ccccc1)N1CCCCC1. The first-order valence-electron chi connectivity index (χ1n) is 9.46. The minimum Gasteiger partial charge on any atom is -0.377 e. The van der Waals surface area contributed by atoms with Crippen molar-refractivity contribution in [2.75, 3.05) is 26.2 Å². The normalized spacial score (nSPS) is 19.8. The summed E-state index contributed by atoms with van der Waals surface area (Å²) >= 11 is 0. The third kappa shape index (κ3) is 4.77. The van der Waals surface area contributed by atoms with Crippen LogP contribution in [0.2, 0.25) is 0 Å². The molecule has 2 saturated heterocycles. The molecule has 0 amide bonds. The number of hydrogen-bond acceptors (Lipinski definition) is 2. The highest BCUT2D eigenvalue weighted by molar-refractivity contribution is 5.75. The van der Waals surface area contributed by atoms with Gasteiger partial charge in [-0.3, -0.25) is 0 Å². The summed E-state index contributed by atoms with van der Waals surface area (Å²) in [6.45, 7) is 9.00. The Labute approximate surface area is 147 Å². The minimum absolute atomic E-state index is 1.15. The van der Waals surface area contributed by atoms with Gasteiger partial charge in [0.2, 0.25) is 0 Å². The van der Waals surface area contributed by atoms with Crippen molar-refractivity contribution in [3.05, 3.63) is 66.5 Å². The predicted octanol–water partition coefficient (Wildman–Crippen LogP) is 5.07. The van der Waals surface area contributed by atoms with E-state index in [-0.39, 0.29) is 0 Å². The van der Waals surface area contributed by atoms with Crippen LogP contribution in [0.25, 0.3) is 5.57 Å². The molecule has 0 atom stereocenters. The standard InChI is InChI=1S/C22H30N2/c1-20(24-16-9-4-10-17-24)19-22(21-11-5-2-6-12-21)13-18-23-14-7-3-8-15-23/h2,5-6,11-13,18-19H,1,3-4,7-10,14-17H2/b18-13+,22-19+. The molecule has 0 N–H and O–H groups in total. The molecule has 0 saturated carbocycles. The fourth-order valence-electron chi connectivity index (χ4n) is 3.56. The maximum Gasteiger partial charge on any atom is 0.0299 e. The van der Waals surface area contributed by atoms with Gasteiger partial charge in [0.15, 0.2) is 0 Å². The molecule has 2 heteroatoms. The summed E-state index contributed by atoms with van der Waals surface area (Å²) in [5, 5.41) is 0. The van der Waals surface area contributed by atoms with E-state index in [0.717, 1.165) is 18.8 Å². The van der Waals surface area contributed by atoms with Crippen LogP contribution >= 0.6 is 0 Å². The highest BCUT2D eigenvalue weighted by Gasteiger charge is 2.11. The van der Waals surface area contributed by atoms with Crippen LogP contribution in [0.5, 0.6) is 0 Å². The Kier molecular flexibility index (Phi) is 6.17. The fourth-order valence-corrected chi connectivity index (χ4v) is 3.56. The van der Waals surface area contributed by atoms with E-state index < -0.39 is 0 Å². The van der Waals surface area contributed by atoms with Gasteiger partial charge in [0.05, 0.1) is 0 Å². The van der Waals surface area contributed by atoms with E-state index in [1.165, 1.54) is 62.8 Å². The van der Waals surface area contributed by atoms with Gasteiger partial charge < -0.3 is 9.80 Å². The lowest BCUT2D eigenvalue weighted by atomic mass is 10.0. The lowest BCUT2D eigenvalue weighted by molar-refractivity contribution is 0.294. The lowest BCUT2D eigenvalue weighted by Crippen LogP contribution is -2.28. The molecule has 0 bridgehead atoms. The molecule has 2 aliphatic heterocycles. The van der Waals surface area contributed by atoms with Gasteiger partial charge in [-0.25, -0.2) is 0 Å². The number of hydrogen-bond donors (Lipinski definition) is 0. The Hall–Kier alpha value is -1.96. The number of piperidine rings is 2. The summed E-state index contributed by atoms with van der Waals surface area (Å²) < 4.78 is 0. The van der Waals surface area contributed by atoms with Gasteiger partial charge in [-0.1, -0.05) is 36.9 Å². The molecule has 0 aromatic heterocycles. The van der Waals surface area contributed by atoms with E-state index in [4.69, 9.17) is 0 Å². The van der Waals surface area contributed by atoms with Crippen molar-refractivity contribution >= 4 is 5.57 Å². The van der Waals surface area contributed by atoms with Crippen molar-refractivity contribution in [2.45, 2.75) is 38.5 Å². The number of nitrogens with zero attached hydrogens (tertiary/aromatic N) is 2. The summed E-state index contributed by atoms with van der Waals surface area (Å²) in [7, 11) is 0. The van der Waals surface area contributed by atoms with Gasteiger partial charge in [-0.15, -0.1) is 0 Å². The van der Waals surface area contributed by atoms with E-state index in [9.17, 15) is 0 Å². The first kappa shape index (κ1) is 16.9. The van der Waals surface area contributed by atoms with Crippen LogP contribution in [0.3, 0.4) is 0 Å². The third-order valence-corrected chi connectivity index (χ3v) is 5.05. The fraction of sp³-hybridized carbons (Fsp3) is 0.455. The van der Waals surface area contributed by atoms with Crippen LogP contribution in [-0.4, -0.2) is 36.0 Å². The van der Waals surface area contributed by atoms with Crippen LogP contribution in [0.4, 0.5) is 0 Å². The summed E-state index contributed by atoms with van der Waals surface area (Å²) in [6, 6.07) is 10.7. The summed E-state index contributed by atoms with van der Waals surface area (Å²) in [5.74, 6) is 0. The van der Waals surface area contributed by atoms with Gasteiger partial charge in [-0.2, -0.15) is 0 Å². The van der Waals surface area contributed by atoms with Crippen LogP contribution in [0, 0.1) is 0 Å². The quantitative estimate of drug-likeness (QED) is 0.698. The summed E-state index contributed by atoms with van der Waals surface area (Å²) in [5.41, 5.74) is 3.68. The van der Waals surface area contributed by atoms with Crippen molar-refractivity contribution < 1.29 is 0 Å². The maximum atomic E-state index is 4.34. The van der Waals surface area contributed by atoms with Crippen LogP contribution in [0.15, 0.2) is 61.0 Å². The second-order valence-corrected chi connectivity index (χ2v) is 6.92. The highest BCUT2D eigenvalue weighted by atomic mass is 15.1. The number of benzene rings is 1. The van der Waals surface area contributed by atoms with Crippen LogP contribution < -0.4 is 0 Å². The Bertz CT molecular complexity index is 573. The summed E-state index contributed by atoms with van der Waals surface area (Å²) in [6.07, 6.45) is 14.8. The molecule has 0 spiro atoms. The van der Waals surface area contributed by atoms with Crippen LogP contribution in [-0.2, 0) is 0 Å². The van der Waals surface area contributed by atoms with Gasteiger partial charge >= 0.3 is 0 Å². The van der Waals surface area contributed by atoms with Crippen LogP contribution in [0.1, 0.15) is 44.1 Å². The molecule has 2 heterocycles. The molecule has 2 nitrogen and oxygen atoms in total. The zero-order valence-electron chi connectivity index (χ0n) is 14.8. The Morgan fingerprint density at radius 3 is 2.12 bits per heavy atom. The monoisotopic (exact) mass is 322 g/mol. The second kappa shape index (κ2) is 8.77. The van der Waals surface area contributed by atoms with E-state index >= 15 is 0 Å². The second-order valence-electron chi connectivity index (χ2n) is 6.92. The molecular formula is C22H30N2. The van der Waals surface area contributed by atoms with Crippen molar-refractivity contribution in [2.24, 2.45) is 0 Å². The number of likely N-dealkylation sites (tertiary alicyclic amines) is 2. The average Bonchev–Trinajstić information content (AvgIpc) is 2.67. The minimum atomic E-state index is 1.15. The molecule has 2 aliphatic rings. The van der Waals surface area contributed by atoms with Gasteiger partial charge in [0, 0.05) is 31.9 Å². The molecule has 1 aromatic rings. The van der Waals surface area contributed by atoms with Gasteiger partial charge in [0.1, 0.15) is 0 Å². The average molecular weight is 322 g/mol. The molecule has 0 radical (unpaired) electrons. The Morgan fingerprint density at radius 1 is 0.833 bits per heavy atom. The Morgan fingerprint density at radius 2 is 1.46 bits per heavy atom. The zero-order chi connectivity index (χ0) is 16.6. The Balaban J connectivity index is 1.77. The van der Waals surface area contributed by atoms with Gasteiger partial charge in [-0.05, 0) is 68.0 Å². The van der Waals surface area contributed by atoms with E-state index in [2.05, 4.69) is 65.1 Å². The molecule has 128 valence electrons. The van der Waals surface area contributed by atoms with Crippen molar-refractivity contribution in [1.29, 1.82) is 0 Å². The highest BCUT2D eigenvalue weighted by Crippen LogP contribution is 2.22. The molecule has 2 fully saturated rings. The van der Waals surface area contributed by atoms with E-state index in [1.54, 1.807) is 0 Å². The van der Waals surface area contributed by atoms with Crippen molar-refractivity contribution in [3.8, 4) is 0 Å². The van der Waals surface area contributed by atoms with Crippen molar-refractivity contribution in [3.63, 3.8) is 0 Å².